The van der Waals surface area contributed by atoms with E-state index in [0.717, 1.165) is 19.3 Å². The van der Waals surface area contributed by atoms with Crippen LogP contribution >= 0.6 is 0 Å². The summed E-state index contributed by atoms with van der Waals surface area (Å²) in [4.78, 5) is 26.0. The van der Waals surface area contributed by atoms with Crippen molar-refractivity contribution in [1.29, 1.82) is 0 Å². The minimum Gasteiger partial charge on any atom is -0.503 e. The van der Waals surface area contributed by atoms with Gasteiger partial charge in [0.05, 0.1) is 11.6 Å². The van der Waals surface area contributed by atoms with Crippen molar-refractivity contribution in [2.45, 2.75) is 45.6 Å². The van der Waals surface area contributed by atoms with Gasteiger partial charge in [-0.25, -0.2) is 4.39 Å². The first-order valence-electron chi connectivity index (χ1n) is 8.04. The summed E-state index contributed by atoms with van der Waals surface area (Å²) in [6.07, 6.45) is 2.80. The number of nitrogens with zero attached hydrogens (tertiary/aromatic N) is 1. The van der Waals surface area contributed by atoms with Gasteiger partial charge in [-0.05, 0) is 12.5 Å². The topological polar surface area (TPSA) is 57.6 Å². The highest BCUT2D eigenvalue weighted by atomic mass is 19.1. The maximum atomic E-state index is 14.2. The molecule has 23 heavy (non-hydrogen) atoms. The normalized spacial score (nSPS) is 18.0. The molecule has 1 N–H and O–H groups in total. The second-order valence-corrected chi connectivity index (χ2v) is 5.67. The number of rotatable bonds is 7. The highest BCUT2D eigenvalue weighted by Gasteiger charge is 2.43. The monoisotopic (exact) mass is 319 g/mol. The van der Waals surface area contributed by atoms with Crippen LogP contribution in [0.2, 0.25) is 0 Å². The van der Waals surface area contributed by atoms with Gasteiger partial charge < -0.3 is 10.0 Å². The van der Waals surface area contributed by atoms with Crippen LogP contribution in [0.1, 0.15) is 51.1 Å². The first kappa shape index (κ1) is 17.2. The molecule has 2 rings (SSSR count). The molecule has 0 saturated heterocycles. The zero-order valence-electron chi connectivity index (χ0n) is 13.5. The fraction of sp³-hybridized carbons (Fsp3) is 0.444. The Morgan fingerprint density at radius 2 is 1.96 bits per heavy atom. The number of unbranched alkanes of at least 4 members (excludes halogenated alkanes) is 2. The van der Waals surface area contributed by atoms with E-state index in [-0.39, 0.29) is 23.3 Å². The van der Waals surface area contributed by atoms with Gasteiger partial charge in [0.25, 0.3) is 5.91 Å². The summed E-state index contributed by atoms with van der Waals surface area (Å²) in [7, 11) is 0. The van der Waals surface area contributed by atoms with Crippen LogP contribution in [-0.4, -0.2) is 28.2 Å². The average molecular weight is 319 g/mol. The quantitative estimate of drug-likeness (QED) is 0.780. The Balaban J connectivity index is 2.46. The maximum absolute atomic E-state index is 14.2. The van der Waals surface area contributed by atoms with Crippen molar-refractivity contribution in [3.05, 3.63) is 47.0 Å². The lowest BCUT2D eigenvalue weighted by Crippen LogP contribution is -2.32. The Morgan fingerprint density at radius 1 is 1.26 bits per heavy atom. The predicted molar refractivity (Wildman–Crippen MR) is 85.3 cm³/mol. The fourth-order valence-electron chi connectivity index (χ4n) is 2.91. The molecule has 1 aliphatic heterocycles. The molecule has 4 nitrogen and oxygen atoms in total. The maximum Gasteiger partial charge on any atom is 0.290 e. The van der Waals surface area contributed by atoms with Crippen LogP contribution in [0.25, 0.3) is 0 Å². The Kier molecular flexibility index (Phi) is 5.53. The zero-order valence-corrected chi connectivity index (χ0v) is 13.5. The average Bonchev–Trinajstić information content (AvgIpc) is 2.79. The van der Waals surface area contributed by atoms with E-state index in [0.29, 0.717) is 6.54 Å². The number of benzene rings is 1. The molecule has 0 aliphatic carbocycles. The van der Waals surface area contributed by atoms with Crippen molar-refractivity contribution in [2.75, 3.05) is 6.54 Å². The molecule has 0 bridgehead atoms. The molecule has 1 amide bonds. The van der Waals surface area contributed by atoms with Crippen molar-refractivity contribution in [2.24, 2.45) is 0 Å². The van der Waals surface area contributed by atoms with Crippen molar-refractivity contribution >= 4 is 11.7 Å². The number of ketones is 1. The number of hydrogen-bond donors (Lipinski definition) is 1. The molecule has 0 aromatic heterocycles. The van der Waals surface area contributed by atoms with Crippen LogP contribution in [-0.2, 0) is 9.59 Å². The molecule has 1 aliphatic rings. The highest BCUT2D eigenvalue weighted by Crippen LogP contribution is 2.39. The van der Waals surface area contributed by atoms with Gasteiger partial charge >= 0.3 is 0 Å². The molecular weight excluding hydrogens is 297 g/mol. The molecule has 1 aromatic carbocycles. The van der Waals surface area contributed by atoms with E-state index < -0.39 is 23.5 Å². The van der Waals surface area contributed by atoms with Gasteiger partial charge in [0.2, 0.25) is 0 Å². The van der Waals surface area contributed by atoms with Crippen LogP contribution in [0.15, 0.2) is 35.6 Å². The van der Waals surface area contributed by atoms with E-state index in [1.165, 1.54) is 11.0 Å². The number of Topliss-reactive ketones (excluding diaryl/α,β-unsaturated/α-hetero) is 1. The van der Waals surface area contributed by atoms with Gasteiger partial charge in [-0.15, -0.1) is 0 Å². The van der Waals surface area contributed by atoms with Gasteiger partial charge in [-0.1, -0.05) is 44.9 Å². The lowest BCUT2D eigenvalue weighted by molar-refractivity contribution is -0.129. The van der Waals surface area contributed by atoms with E-state index >= 15 is 0 Å². The lowest BCUT2D eigenvalue weighted by atomic mass is 9.94. The molecule has 1 atom stereocenters. The molecule has 1 aromatic rings. The molecule has 0 spiro atoms. The van der Waals surface area contributed by atoms with Crippen LogP contribution in [0.4, 0.5) is 4.39 Å². The minimum atomic E-state index is -0.840. The lowest BCUT2D eigenvalue weighted by Gasteiger charge is -2.27. The number of amides is 1. The van der Waals surface area contributed by atoms with Crippen LogP contribution in [0, 0.1) is 5.82 Å². The van der Waals surface area contributed by atoms with Crippen LogP contribution in [0.5, 0.6) is 0 Å². The van der Waals surface area contributed by atoms with E-state index in [2.05, 4.69) is 0 Å². The Morgan fingerprint density at radius 3 is 2.57 bits per heavy atom. The third-order valence-corrected chi connectivity index (χ3v) is 4.13. The summed E-state index contributed by atoms with van der Waals surface area (Å²) < 4.78 is 14.2. The predicted octanol–water partition coefficient (Wildman–Crippen LogP) is 3.69. The zero-order chi connectivity index (χ0) is 17.0. The molecule has 0 saturated carbocycles. The van der Waals surface area contributed by atoms with Gasteiger partial charge in [0.1, 0.15) is 5.82 Å². The number of aliphatic hydroxyl groups is 1. The summed E-state index contributed by atoms with van der Waals surface area (Å²) in [6, 6.07) is 5.24. The van der Waals surface area contributed by atoms with Gasteiger partial charge in [-0.3, -0.25) is 9.59 Å². The summed E-state index contributed by atoms with van der Waals surface area (Å²) in [6.45, 7) is 4.09. The minimum absolute atomic E-state index is 0.0131. The third-order valence-electron chi connectivity index (χ3n) is 4.13. The summed E-state index contributed by atoms with van der Waals surface area (Å²) in [5.41, 5.74) is 0.261. The van der Waals surface area contributed by atoms with Gasteiger partial charge in [0.15, 0.2) is 11.5 Å². The molecule has 1 unspecified atom stereocenters. The summed E-state index contributed by atoms with van der Waals surface area (Å²) >= 11 is 0. The second-order valence-electron chi connectivity index (χ2n) is 5.67. The highest BCUT2D eigenvalue weighted by molar-refractivity contribution is 6.08. The second kappa shape index (κ2) is 7.40. The molecule has 124 valence electrons. The van der Waals surface area contributed by atoms with Crippen LogP contribution < -0.4 is 0 Å². The number of aliphatic hydroxyl groups excluding tert-OH is 1. The molecular formula is C18H22FNO3. The summed E-state index contributed by atoms with van der Waals surface area (Å²) in [5, 5.41) is 10.2. The number of halogens is 1. The van der Waals surface area contributed by atoms with Crippen molar-refractivity contribution in [1.82, 2.24) is 4.90 Å². The first-order chi connectivity index (χ1) is 11.0. The van der Waals surface area contributed by atoms with Crippen molar-refractivity contribution in [3.8, 4) is 0 Å². The molecule has 1 heterocycles. The third kappa shape index (κ3) is 3.28. The van der Waals surface area contributed by atoms with Crippen molar-refractivity contribution in [3.63, 3.8) is 0 Å². The van der Waals surface area contributed by atoms with Crippen molar-refractivity contribution < 1.29 is 19.1 Å². The van der Waals surface area contributed by atoms with E-state index in [9.17, 15) is 19.1 Å². The number of carbonyl (C=O) groups excluding carboxylic acids is 2. The number of hydrogen-bond acceptors (Lipinski definition) is 3. The molecule has 0 radical (unpaired) electrons. The summed E-state index contributed by atoms with van der Waals surface area (Å²) in [5.74, 6) is -1.95. The molecule has 0 fully saturated rings. The van der Waals surface area contributed by atoms with E-state index in [4.69, 9.17) is 0 Å². The smallest absolute Gasteiger partial charge is 0.290 e. The SMILES string of the molecule is CCCCCN1C(=O)C(O)=C(C(=O)CC)C1c1ccccc1F. The Hall–Kier alpha value is -2.17. The van der Waals surface area contributed by atoms with Gasteiger partial charge in [0, 0.05) is 18.5 Å². The molecule has 5 heteroatoms. The Labute approximate surface area is 135 Å². The van der Waals surface area contributed by atoms with Gasteiger partial charge in [-0.2, -0.15) is 0 Å². The largest absolute Gasteiger partial charge is 0.503 e. The van der Waals surface area contributed by atoms with Crippen LogP contribution in [0.3, 0.4) is 0 Å². The standard InChI is InChI=1S/C18H22FNO3/c1-3-5-8-11-20-16(12-9-6-7-10-13(12)19)15(14(21)4-2)17(22)18(20)23/h6-7,9-10,16,22H,3-5,8,11H2,1-2H3. The van der Waals surface area contributed by atoms with E-state index in [1.807, 2.05) is 6.92 Å². The fourth-order valence-corrected chi connectivity index (χ4v) is 2.91. The van der Waals surface area contributed by atoms with E-state index in [1.54, 1.807) is 25.1 Å². The Bertz CT molecular complexity index is 639. The number of carbonyl (C=O) groups is 2. The first-order valence-corrected chi connectivity index (χ1v) is 8.04.